The second-order valence-corrected chi connectivity index (χ2v) is 11.5. The first kappa shape index (κ1) is 23.7. The second-order valence-electron chi connectivity index (χ2n) is 8.37. The van der Waals surface area contributed by atoms with Crippen molar-refractivity contribution >= 4 is 27.3 Å². The van der Waals surface area contributed by atoms with E-state index in [-0.39, 0.29) is 11.8 Å². The second kappa shape index (κ2) is 11.6. The number of nitrogens with zero attached hydrogens (tertiary/aromatic N) is 3. The summed E-state index contributed by atoms with van der Waals surface area (Å²) in [5.74, 6) is 0.369. The zero-order valence-electron chi connectivity index (χ0n) is 18.1. The Kier molecular flexibility index (Phi) is 9.13. The van der Waals surface area contributed by atoms with Gasteiger partial charge in [-0.2, -0.15) is 4.31 Å². The first-order valence-electron chi connectivity index (χ1n) is 11.2. The molecule has 0 aromatic carbocycles. The average molecular weight is 457 g/mol. The summed E-state index contributed by atoms with van der Waals surface area (Å²) in [6.45, 7) is 10.8. The highest BCUT2D eigenvalue weighted by Crippen LogP contribution is 2.27. The van der Waals surface area contributed by atoms with Gasteiger partial charge in [-0.1, -0.05) is 13.0 Å². The topological polar surface area (TPSA) is 73.0 Å². The summed E-state index contributed by atoms with van der Waals surface area (Å²) in [6, 6.07) is 3.42. The van der Waals surface area contributed by atoms with Crippen LogP contribution in [0.4, 0.5) is 0 Å². The molecule has 2 saturated heterocycles. The van der Waals surface area contributed by atoms with E-state index in [1.807, 2.05) is 0 Å². The Labute approximate surface area is 185 Å². The first-order chi connectivity index (χ1) is 14.5. The molecule has 1 amide bonds. The molecular formula is C21H36N4O3S2. The maximum atomic E-state index is 12.6. The fourth-order valence-corrected chi connectivity index (χ4v) is 6.92. The van der Waals surface area contributed by atoms with E-state index in [0.29, 0.717) is 23.7 Å². The molecule has 0 radical (unpaired) electrons. The number of amides is 1. The third kappa shape index (κ3) is 6.75. The number of sulfonamides is 1. The van der Waals surface area contributed by atoms with Crippen LogP contribution in [-0.2, 0) is 14.8 Å². The minimum Gasteiger partial charge on any atom is -0.356 e. The summed E-state index contributed by atoms with van der Waals surface area (Å²) in [6.07, 6.45) is 4.20. The van der Waals surface area contributed by atoms with E-state index >= 15 is 0 Å². The number of carbonyl (C=O) groups excluding carboxylic acids is 1. The van der Waals surface area contributed by atoms with E-state index in [1.165, 1.54) is 24.3 Å². The SMILES string of the molecule is CCCN1CCN(CCCNC(=O)CC2CCN(S(=O)(=O)c3cccs3)CC2)CC1. The van der Waals surface area contributed by atoms with Crippen molar-refractivity contribution in [3.8, 4) is 0 Å². The molecule has 1 aromatic heterocycles. The Morgan fingerprint density at radius 3 is 2.37 bits per heavy atom. The van der Waals surface area contributed by atoms with Crippen LogP contribution in [0.3, 0.4) is 0 Å². The van der Waals surface area contributed by atoms with Gasteiger partial charge in [-0.25, -0.2) is 8.42 Å². The Bertz CT molecular complexity index is 738. The van der Waals surface area contributed by atoms with Gasteiger partial charge in [0.15, 0.2) is 0 Å². The van der Waals surface area contributed by atoms with Gasteiger partial charge in [0, 0.05) is 52.2 Å². The average Bonchev–Trinajstić information content (AvgIpc) is 3.29. The summed E-state index contributed by atoms with van der Waals surface area (Å²) in [5.41, 5.74) is 0. The van der Waals surface area contributed by atoms with Crippen molar-refractivity contribution in [1.82, 2.24) is 19.4 Å². The lowest BCUT2D eigenvalue weighted by atomic mass is 9.94. The van der Waals surface area contributed by atoms with E-state index in [2.05, 4.69) is 22.0 Å². The lowest BCUT2D eigenvalue weighted by Gasteiger charge is -2.34. The van der Waals surface area contributed by atoms with Crippen LogP contribution in [0, 0.1) is 5.92 Å². The standard InChI is InChI=1S/C21H36N4O3S2/c1-2-9-23-13-15-24(16-14-23)10-4-8-22-20(26)18-19-6-11-25(12-7-19)30(27,28)21-5-3-17-29-21/h3,5,17,19H,2,4,6-16,18H2,1H3,(H,22,26). The van der Waals surface area contributed by atoms with Crippen molar-refractivity contribution in [3.63, 3.8) is 0 Å². The van der Waals surface area contributed by atoms with Crippen molar-refractivity contribution in [1.29, 1.82) is 0 Å². The van der Waals surface area contributed by atoms with E-state index in [0.717, 1.165) is 58.5 Å². The van der Waals surface area contributed by atoms with E-state index in [1.54, 1.807) is 21.8 Å². The number of hydrogen-bond acceptors (Lipinski definition) is 6. The summed E-state index contributed by atoms with van der Waals surface area (Å²) in [4.78, 5) is 17.3. The molecule has 1 aromatic rings. The lowest BCUT2D eigenvalue weighted by molar-refractivity contribution is -0.122. The smallest absolute Gasteiger partial charge is 0.252 e. The zero-order valence-corrected chi connectivity index (χ0v) is 19.7. The molecule has 2 aliphatic heterocycles. The van der Waals surface area contributed by atoms with Crippen LogP contribution in [-0.4, -0.2) is 87.3 Å². The molecule has 0 unspecified atom stereocenters. The number of hydrogen-bond donors (Lipinski definition) is 1. The van der Waals surface area contributed by atoms with Gasteiger partial charge in [0.25, 0.3) is 10.0 Å². The summed E-state index contributed by atoms with van der Waals surface area (Å²) in [7, 11) is -3.36. The molecule has 0 spiro atoms. The van der Waals surface area contributed by atoms with Crippen LogP contribution in [0.5, 0.6) is 0 Å². The maximum absolute atomic E-state index is 12.6. The third-order valence-electron chi connectivity index (χ3n) is 6.11. The molecule has 170 valence electrons. The van der Waals surface area contributed by atoms with E-state index < -0.39 is 10.0 Å². The van der Waals surface area contributed by atoms with Crippen LogP contribution in [0.25, 0.3) is 0 Å². The third-order valence-corrected chi connectivity index (χ3v) is 9.39. The quantitative estimate of drug-likeness (QED) is 0.546. The van der Waals surface area contributed by atoms with Crippen molar-refractivity contribution in [3.05, 3.63) is 17.5 Å². The van der Waals surface area contributed by atoms with E-state index in [4.69, 9.17) is 0 Å². The van der Waals surface area contributed by atoms with Crippen molar-refractivity contribution in [2.45, 2.75) is 43.2 Å². The molecule has 0 atom stereocenters. The van der Waals surface area contributed by atoms with Gasteiger partial charge in [0.2, 0.25) is 5.91 Å². The Balaban J connectivity index is 1.27. The van der Waals surface area contributed by atoms with Crippen LogP contribution in [0.1, 0.15) is 39.0 Å². The van der Waals surface area contributed by atoms with Crippen LogP contribution in [0.15, 0.2) is 21.7 Å². The molecule has 7 nitrogen and oxygen atoms in total. The summed E-state index contributed by atoms with van der Waals surface area (Å²) in [5, 5.41) is 4.84. The number of piperidine rings is 1. The van der Waals surface area contributed by atoms with Crippen LogP contribution < -0.4 is 5.32 Å². The molecule has 0 bridgehead atoms. The largest absolute Gasteiger partial charge is 0.356 e. The van der Waals surface area contributed by atoms with Gasteiger partial charge in [-0.15, -0.1) is 11.3 Å². The highest BCUT2D eigenvalue weighted by Gasteiger charge is 2.30. The van der Waals surface area contributed by atoms with Gasteiger partial charge < -0.3 is 15.1 Å². The zero-order chi connectivity index (χ0) is 21.4. The molecule has 2 fully saturated rings. The van der Waals surface area contributed by atoms with Gasteiger partial charge >= 0.3 is 0 Å². The molecule has 2 aliphatic rings. The summed E-state index contributed by atoms with van der Waals surface area (Å²) < 4.78 is 27.1. The van der Waals surface area contributed by atoms with Crippen LogP contribution >= 0.6 is 11.3 Å². The number of nitrogens with one attached hydrogen (secondary N) is 1. The number of carbonyl (C=O) groups is 1. The number of rotatable bonds is 10. The number of piperazine rings is 1. The van der Waals surface area contributed by atoms with Gasteiger partial charge in [0.05, 0.1) is 0 Å². The minimum atomic E-state index is -3.36. The van der Waals surface area contributed by atoms with Gasteiger partial charge in [0.1, 0.15) is 4.21 Å². The fraction of sp³-hybridized carbons (Fsp3) is 0.762. The predicted octanol–water partition coefficient (Wildman–Crippen LogP) is 2.07. The lowest BCUT2D eigenvalue weighted by Crippen LogP contribution is -2.47. The van der Waals surface area contributed by atoms with Gasteiger partial charge in [-0.05, 0) is 56.1 Å². The normalized spacial score (nSPS) is 20.4. The van der Waals surface area contributed by atoms with Crippen molar-refractivity contribution in [2.24, 2.45) is 5.92 Å². The minimum absolute atomic E-state index is 0.0994. The maximum Gasteiger partial charge on any atom is 0.252 e. The highest BCUT2D eigenvalue weighted by atomic mass is 32.2. The molecule has 3 rings (SSSR count). The fourth-order valence-electron chi connectivity index (χ4n) is 4.31. The molecule has 30 heavy (non-hydrogen) atoms. The molecule has 9 heteroatoms. The molecule has 1 N–H and O–H groups in total. The first-order valence-corrected chi connectivity index (χ1v) is 13.6. The predicted molar refractivity (Wildman–Crippen MR) is 121 cm³/mol. The molecule has 0 saturated carbocycles. The highest BCUT2D eigenvalue weighted by molar-refractivity contribution is 7.91. The molecular weight excluding hydrogens is 420 g/mol. The molecule has 3 heterocycles. The molecule has 0 aliphatic carbocycles. The van der Waals surface area contributed by atoms with Crippen molar-refractivity contribution < 1.29 is 13.2 Å². The van der Waals surface area contributed by atoms with Crippen molar-refractivity contribution in [2.75, 3.05) is 58.9 Å². The monoisotopic (exact) mass is 456 g/mol. The van der Waals surface area contributed by atoms with Gasteiger partial charge in [-0.3, -0.25) is 4.79 Å². The Morgan fingerprint density at radius 1 is 1.10 bits per heavy atom. The van der Waals surface area contributed by atoms with Crippen LogP contribution in [0.2, 0.25) is 0 Å². The Morgan fingerprint density at radius 2 is 1.77 bits per heavy atom. The summed E-state index contributed by atoms with van der Waals surface area (Å²) >= 11 is 1.26. The Hall–Kier alpha value is -1.00. The van der Waals surface area contributed by atoms with E-state index in [9.17, 15) is 13.2 Å². The number of thiophene rings is 1.